The van der Waals surface area contributed by atoms with E-state index >= 15 is 0 Å². The van der Waals surface area contributed by atoms with Crippen molar-refractivity contribution in [1.82, 2.24) is 0 Å². The van der Waals surface area contributed by atoms with E-state index in [9.17, 15) is 5.11 Å². The number of hydrogen-bond donors (Lipinski definition) is 1. The highest BCUT2D eigenvalue weighted by Gasteiger charge is 2.39. The zero-order chi connectivity index (χ0) is 26.1. The van der Waals surface area contributed by atoms with Crippen LogP contribution in [-0.4, -0.2) is 19.3 Å². The molecule has 0 fully saturated rings. The third kappa shape index (κ3) is 4.05. The Balaban J connectivity index is 1.58. The third-order valence-electron chi connectivity index (χ3n) is 6.88. The zero-order valence-corrected chi connectivity index (χ0v) is 21.9. The van der Waals surface area contributed by atoms with Crippen LogP contribution in [0.1, 0.15) is 16.7 Å². The summed E-state index contributed by atoms with van der Waals surface area (Å²) in [7, 11) is 3.32. The Kier molecular flexibility index (Phi) is 6.22. The first-order valence-electron chi connectivity index (χ1n) is 12.3. The summed E-state index contributed by atoms with van der Waals surface area (Å²) in [5.41, 5.74) is 1.87. The maximum absolute atomic E-state index is 11.4. The molecule has 188 valence electrons. The normalized spacial score (nSPS) is 13.5. The molecule has 0 bridgehead atoms. The molecule has 0 aliphatic carbocycles. The fraction of sp³-hybridized carbons (Fsp3) is 0.0909. The Morgan fingerprint density at radius 3 is 1.82 bits per heavy atom. The summed E-state index contributed by atoms with van der Waals surface area (Å²) in [5.74, 6) is 2.53. The van der Waals surface area contributed by atoms with E-state index in [1.54, 1.807) is 14.2 Å². The molecule has 0 unspecified atom stereocenters. The van der Waals surface area contributed by atoms with Gasteiger partial charge in [0.05, 0.1) is 19.1 Å². The number of phenolic OH excluding ortho intramolecular Hbond substituents is 1. The lowest BCUT2D eigenvalue weighted by atomic mass is 9.83. The van der Waals surface area contributed by atoms with Crippen molar-refractivity contribution in [2.24, 2.45) is 0 Å². The molecule has 0 amide bonds. The Morgan fingerprint density at radius 1 is 0.684 bits per heavy atom. The van der Waals surface area contributed by atoms with E-state index in [0.717, 1.165) is 54.5 Å². The summed E-state index contributed by atoms with van der Waals surface area (Å²) in [4.78, 5) is 1.80. The number of rotatable bonds is 6. The minimum Gasteiger partial charge on any atom is -0.506 e. The largest absolute Gasteiger partial charge is 0.506 e. The van der Waals surface area contributed by atoms with Gasteiger partial charge in [0.1, 0.15) is 23.0 Å². The Bertz CT molecular complexity index is 1580. The molecule has 0 saturated heterocycles. The van der Waals surface area contributed by atoms with Crippen molar-refractivity contribution in [3.8, 4) is 23.0 Å². The fourth-order valence-corrected chi connectivity index (χ4v) is 5.91. The second-order valence-corrected chi connectivity index (χ2v) is 10.1. The van der Waals surface area contributed by atoms with Gasteiger partial charge in [-0.3, -0.25) is 0 Å². The van der Waals surface area contributed by atoms with E-state index < -0.39 is 5.60 Å². The predicted octanol–water partition coefficient (Wildman–Crippen LogP) is 8.06. The molecule has 1 aliphatic heterocycles. The molecule has 6 rings (SSSR count). The maximum Gasteiger partial charge on any atom is 0.178 e. The van der Waals surface area contributed by atoms with Gasteiger partial charge in [0.25, 0.3) is 0 Å². The minimum atomic E-state index is -0.903. The maximum atomic E-state index is 11.4. The number of aromatic hydroxyl groups is 1. The highest BCUT2D eigenvalue weighted by Crippen LogP contribution is 2.52. The molecular weight excluding hydrogens is 492 g/mol. The van der Waals surface area contributed by atoms with Crippen molar-refractivity contribution in [1.29, 1.82) is 0 Å². The number of hydrogen-bond acceptors (Lipinski definition) is 5. The van der Waals surface area contributed by atoms with Crippen LogP contribution in [0, 0.1) is 0 Å². The van der Waals surface area contributed by atoms with Gasteiger partial charge in [-0.15, -0.1) is 0 Å². The van der Waals surface area contributed by atoms with Crippen molar-refractivity contribution in [2.75, 3.05) is 14.2 Å². The van der Waals surface area contributed by atoms with E-state index in [2.05, 4.69) is 12.2 Å². The van der Waals surface area contributed by atoms with E-state index in [0.29, 0.717) is 0 Å². The minimum absolute atomic E-state index is 0.253. The van der Waals surface area contributed by atoms with Crippen LogP contribution in [0.4, 0.5) is 0 Å². The van der Waals surface area contributed by atoms with E-state index in [1.807, 2.05) is 103 Å². The van der Waals surface area contributed by atoms with Crippen LogP contribution in [-0.2, 0) is 5.60 Å². The molecular formula is C33H26O4S. The predicted molar refractivity (Wildman–Crippen MR) is 153 cm³/mol. The van der Waals surface area contributed by atoms with Gasteiger partial charge in [-0.05, 0) is 48.6 Å². The third-order valence-corrected chi connectivity index (χ3v) is 8.01. The van der Waals surface area contributed by atoms with Gasteiger partial charge in [-0.25, -0.2) is 0 Å². The van der Waals surface area contributed by atoms with Gasteiger partial charge in [-0.1, -0.05) is 78.5 Å². The van der Waals surface area contributed by atoms with Crippen molar-refractivity contribution in [3.63, 3.8) is 0 Å². The highest BCUT2D eigenvalue weighted by molar-refractivity contribution is 7.99. The first-order chi connectivity index (χ1) is 18.6. The summed E-state index contributed by atoms with van der Waals surface area (Å²) >= 11 is 1.53. The number of fused-ring (bicyclic) bond motifs is 3. The Hall–Kier alpha value is -4.35. The van der Waals surface area contributed by atoms with Crippen LogP contribution in [0.2, 0.25) is 0 Å². The van der Waals surface area contributed by atoms with E-state index in [-0.39, 0.29) is 5.75 Å². The van der Waals surface area contributed by atoms with Gasteiger partial charge < -0.3 is 19.3 Å². The molecule has 4 nitrogen and oxygen atoms in total. The van der Waals surface area contributed by atoms with Crippen LogP contribution in [0.25, 0.3) is 16.8 Å². The highest BCUT2D eigenvalue weighted by atomic mass is 32.2. The number of methoxy groups -OCH3 is 2. The number of benzene rings is 5. The molecule has 5 aromatic carbocycles. The smallest absolute Gasteiger partial charge is 0.178 e. The summed E-state index contributed by atoms with van der Waals surface area (Å²) in [6.45, 7) is 0. The standard InChI is InChI=1S/C33H26O4S/c1-35-24-16-12-22(13-17-24)33(23-14-18-25(36-2)19-15-23)21-20-29-31(37-33)28-11-7-6-10-27(28)30(34)32(29)38-26-8-4-3-5-9-26/h3-21,34H,1-2H3. The average molecular weight is 519 g/mol. The van der Waals surface area contributed by atoms with Crippen molar-refractivity contribution in [3.05, 3.63) is 126 Å². The van der Waals surface area contributed by atoms with Gasteiger partial charge in [0.2, 0.25) is 0 Å². The molecule has 0 radical (unpaired) electrons. The topological polar surface area (TPSA) is 47.9 Å². The van der Waals surface area contributed by atoms with Gasteiger partial charge in [0, 0.05) is 32.4 Å². The van der Waals surface area contributed by atoms with Crippen LogP contribution in [0.5, 0.6) is 23.0 Å². The second-order valence-electron chi connectivity index (χ2n) is 9.01. The lowest BCUT2D eigenvalue weighted by molar-refractivity contribution is 0.162. The summed E-state index contributed by atoms with van der Waals surface area (Å²) in [5, 5.41) is 13.0. The first-order valence-corrected chi connectivity index (χ1v) is 13.1. The molecule has 5 aromatic rings. The van der Waals surface area contributed by atoms with Crippen LogP contribution < -0.4 is 14.2 Å². The lowest BCUT2D eigenvalue weighted by Crippen LogP contribution is -2.34. The van der Waals surface area contributed by atoms with Crippen LogP contribution in [0.3, 0.4) is 0 Å². The molecule has 1 N–H and O–H groups in total. The quantitative estimate of drug-likeness (QED) is 0.246. The van der Waals surface area contributed by atoms with Gasteiger partial charge in [-0.2, -0.15) is 0 Å². The van der Waals surface area contributed by atoms with Gasteiger partial charge in [0.15, 0.2) is 5.60 Å². The fourth-order valence-electron chi connectivity index (χ4n) is 4.91. The SMILES string of the molecule is COc1ccc(C2(c3ccc(OC)cc3)C=Cc3c(Sc4ccccc4)c(O)c4ccccc4c3O2)cc1. The Labute approximate surface area is 226 Å². The lowest BCUT2D eigenvalue weighted by Gasteiger charge is -2.37. The molecule has 0 atom stereocenters. The van der Waals surface area contributed by atoms with E-state index in [4.69, 9.17) is 14.2 Å². The van der Waals surface area contributed by atoms with E-state index in [1.165, 1.54) is 11.8 Å². The molecule has 0 saturated carbocycles. The molecule has 0 spiro atoms. The summed E-state index contributed by atoms with van der Waals surface area (Å²) in [6.07, 6.45) is 4.15. The Morgan fingerprint density at radius 2 is 1.24 bits per heavy atom. The van der Waals surface area contributed by atoms with Crippen LogP contribution >= 0.6 is 11.8 Å². The number of phenols is 1. The van der Waals surface area contributed by atoms with Crippen molar-refractivity contribution >= 4 is 28.6 Å². The van der Waals surface area contributed by atoms with Crippen molar-refractivity contribution in [2.45, 2.75) is 15.4 Å². The summed E-state index contributed by atoms with van der Waals surface area (Å²) in [6, 6.07) is 33.8. The molecule has 1 aliphatic rings. The number of ether oxygens (including phenoxy) is 3. The zero-order valence-electron chi connectivity index (χ0n) is 21.0. The molecule has 5 heteroatoms. The first kappa shape index (κ1) is 24.0. The van der Waals surface area contributed by atoms with Gasteiger partial charge >= 0.3 is 0 Å². The average Bonchev–Trinajstić information content (AvgIpc) is 2.99. The molecule has 38 heavy (non-hydrogen) atoms. The molecule has 0 aromatic heterocycles. The summed E-state index contributed by atoms with van der Waals surface area (Å²) < 4.78 is 17.9. The van der Waals surface area contributed by atoms with Crippen LogP contribution in [0.15, 0.2) is 119 Å². The van der Waals surface area contributed by atoms with Crippen molar-refractivity contribution < 1.29 is 19.3 Å². The monoisotopic (exact) mass is 518 g/mol. The molecule has 1 heterocycles. The second kappa shape index (κ2) is 9.84.